The van der Waals surface area contributed by atoms with Gasteiger partial charge in [0.2, 0.25) is 0 Å². The Hall–Kier alpha value is -2.89. The largest absolute Gasteiger partial charge is 0.496 e. The highest BCUT2D eigenvalue weighted by molar-refractivity contribution is 6.43. The first-order chi connectivity index (χ1) is 10.9. The maximum atomic E-state index is 12.3. The molecule has 6 heteroatoms. The molecule has 0 spiro atoms. The van der Waals surface area contributed by atoms with Crippen molar-refractivity contribution in [2.45, 2.75) is 0 Å². The zero-order valence-electron chi connectivity index (χ0n) is 13.4. The number of carbonyl (C=O) groups is 3. The van der Waals surface area contributed by atoms with Crippen molar-refractivity contribution in [2.24, 2.45) is 0 Å². The lowest BCUT2D eigenvalue weighted by molar-refractivity contribution is -0.137. The highest BCUT2D eigenvalue weighted by Crippen LogP contribution is 2.34. The monoisotopic (exact) mass is 315 g/mol. The summed E-state index contributed by atoms with van der Waals surface area (Å²) in [5.74, 6) is -1.46. The van der Waals surface area contributed by atoms with Crippen LogP contribution in [0.2, 0.25) is 0 Å². The molecule has 0 aliphatic heterocycles. The number of rotatable bonds is 4. The number of hydrogen-bond donors (Lipinski definition) is 0. The molecular weight excluding hydrogens is 298 g/mol. The van der Waals surface area contributed by atoms with E-state index in [2.05, 4.69) is 4.74 Å². The minimum Gasteiger partial charge on any atom is -0.496 e. The fourth-order valence-electron chi connectivity index (χ4n) is 2.30. The molecular formula is C17H17NO5. The summed E-state index contributed by atoms with van der Waals surface area (Å²) >= 11 is 0. The number of benzene rings is 1. The van der Waals surface area contributed by atoms with Crippen LogP contribution in [0.4, 0.5) is 5.69 Å². The van der Waals surface area contributed by atoms with E-state index < -0.39 is 17.5 Å². The van der Waals surface area contributed by atoms with Crippen molar-refractivity contribution in [3.63, 3.8) is 0 Å². The smallest absolute Gasteiger partial charge is 0.342 e. The van der Waals surface area contributed by atoms with Crippen LogP contribution in [0, 0.1) is 0 Å². The summed E-state index contributed by atoms with van der Waals surface area (Å²) in [6, 6.07) is 5.15. The molecule has 0 fully saturated rings. The van der Waals surface area contributed by atoms with Crippen LogP contribution in [0.15, 0.2) is 35.9 Å². The van der Waals surface area contributed by atoms with Gasteiger partial charge in [-0.2, -0.15) is 0 Å². The molecule has 6 nitrogen and oxygen atoms in total. The van der Waals surface area contributed by atoms with Gasteiger partial charge >= 0.3 is 5.97 Å². The van der Waals surface area contributed by atoms with E-state index in [4.69, 9.17) is 4.74 Å². The Kier molecular flexibility index (Phi) is 4.64. The first-order valence-electron chi connectivity index (χ1n) is 6.85. The van der Waals surface area contributed by atoms with Gasteiger partial charge in [-0.05, 0) is 24.3 Å². The Morgan fingerprint density at radius 1 is 1.04 bits per heavy atom. The first-order valence-corrected chi connectivity index (χ1v) is 6.85. The summed E-state index contributed by atoms with van der Waals surface area (Å²) in [5, 5.41) is 0. The van der Waals surface area contributed by atoms with Gasteiger partial charge < -0.3 is 14.4 Å². The van der Waals surface area contributed by atoms with E-state index in [1.807, 2.05) is 19.0 Å². The van der Waals surface area contributed by atoms with Gasteiger partial charge in [-0.25, -0.2) is 4.79 Å². The second-order valence-corrected chi connectivity index (χ2v) is 5.08. The third-order valence-corrected chi connectivity index (χ3v) is 3.49. The molecule has 0 aromatic heterocycles. The Bertz CT molecular complexity index is 743. The summed E-state index contributed by atoms with van der Waals surface area (Å²) < 4.78 is 9.98. The van der Waals surface area contributed by atoms with Crippen LogP contribution in [-0.4, -0.2) is 45.9 Å². The molecule has 0 amide bonds. The van der Waals surface area contributed by atoms with E-state index in [1.165, 1.54) is 7.11 Å². The summed E-state index contributed by atoms with van der Waals surface area (Å²) in [6.45, 7) is 0. The molecule has 120 valence electrons. The maximum absolute atomic E-state index is 12.3. The zero-order valence-corrected chi connectivity index (χ0v) is 13.4. The normalized spacial score (nSPS) is 14.1. The standard InChI is InChI=1S/C17H17NO5/c1-18(2)10-5-6-11(14(9-10)22-3)15-12(19)7-8-13(20)16(15)17(21)23-4/h5-9H,1-4H3. The number of esters is 1. The molecule has 1 aliphatic carbocycles. The van der Waals surface area contributed by atoms with Gasteiger partial charge in [0.15, 0.2) is 11.6 Å². The van der Waals surface area contributed by atoms with Gasteiger partial charge in [0.1, 0.15) is 11.3 Å². The maximum Gasteiger partial charge on any atom is 0.342 e. The van der Waals surface area contributed by atoms with Crippen LogP contribution in [0.25, 0.3) is 5.57 Å². The quantitative estimate of drug-likeness (QED) is 0.475. The number of ether oxygens (including phenoxy) is 2. The molecule has 0 saturated heterocycles. The third kappa shape index (κ3) is 3.01. The molecule has 0 heterocycles. The van der Waals surface area contributed by atoms with Crippen LogP contribution in [0.1, 0.15) is 5.56 Å². The number of ketones is 2. The van der Waals surface area contributed by atoms with Gasteiger partial charge in [-0.3, -0.25) is 9.59 Å². The number of allylic oxidation sites excluding steroid dienone is 3. The molecule has 0 unspecified atom stereocenters. The minimum absolute atomic E-state index is 0.00786. The number of carbonyl (C=O) groups excluding carboxylic acids is 3. The number of methoxy groups -OCH3 is 2. The second kappa shape index (κ2) is 6.48. The van der Waals surface area contributed by atoms with Crippen LogP contribution in [-0.2, 0) is 19.1 Å². The molecule has 1 aromatic carbocycles. The molecule has 1 aromatic rings. The fourth-order valence-corrected chi connectivity index (χ4v) is 2.30. The number of nitrogens with zero attached hydrogens (tertiary/aromatic N) is 1. The van der Waals surface area contributed by atoms with E-state index in [0.717, 1.165) is 24.9 Å². The average Bonchev–Trinajstić information content (AvgIpc) is 2.55. The van der Waals surface area contributed by atoms with Gasteiger partial charge in [-0.1, -0.05) is 0 Å². The van der Waals surface area contributed by atoms with E-state index in [0.29, 0.717) is 11.3 Å². The van der Waals surface area contributed by atoms with Gasteiger partial charge in [-0.15, -0.1) is 0 Å². The van der Waals surface area contributed by atoms with Gasteiger partial charge in [0.05, 0.1) is 19.8 Å². The Labute approximate surface area is 134 Å². The van der Waals surface area contributed by atoms with Gasteiger partial charge in [0.25, 0.3) is 0 Å². The Balaban J connectivity index is 2.72. The highest BCUT2D eigenvalue weighted by Gasteiger charge is 2.31. The molecule has 0 N–H and O–H groups in total. The molecule has 0 bridgehead atoms. The lowest BCUT2D eigenvalue weighted by Gasteiger charge is -2.19. The van der Waals surface area contributed by atoms with Crippen molar-refractivity contribution >= 4 is 28.8 Å². The van der Waals surface area contributed by atoms with Gasteiger partial charge in [0, 0.05) is 31.4 Å². The predicted molar refractivity (Wildman–Crippen MR) is 85.4 cm³/mol. The summed E-state index contributed by atoms with van der Waals surface area (Å²) in [4.78, 5) is 38.2. The van der Waals surface area contributed by atoms with E-state index >= 15 is 0 Å². The van der Waals surface area contributed by atoms with E-state index in [1.54, 1.807) is 18.2 Å². The van der Waals surface area contributed by atoms with E-state index in [9.17, 15) is 14.4 Å². The van der Waals surface area contributed by atoms with Crippen LogP contribution >= 0.6 is 0 Å². The summed E-state index contributed by atoms with van der Waals surface area (Å²) in [6.07, 6.45) is 2.21. The number of hydrogen-bond acceptors (Lipinski definition) is 6. The van der Waals surface area contributed by atoms with Crippen molar-refractivity contribution in [1.29, 1.82) is 0 Å². The average molecular weight is 315 g/mol. The van der Waals surface area contributed by atoms with Crippen molar-refractivity contribution in [3.05, 3.63) is 41.5 Å². The Morgan fingerprint density at radius 2 is 1.70 bits per heavy atom. The molecule has 2 rings (SSSR count). The summed E-state index contributed by atoms with van der Waals surface area (Å²) in [5.41, 5.74) is 0.944. The topological polar surface area (TPSA) is 72.9 Å². The minimum atomic E-state index is -0.846. The number of anilines is 1. The van der Waals surface area contributed by atoms with Crippen LogP contribution in [0.3, 0.4) is 0 Å². The van der Waals surface area contributed by atoms with Crippen molar-refractivity contribution in [3.8, 4) is 5.75 Å². The van der Waals surface area contributed by atoms with Crippen molar-refractivity contribution in [2.75, 3.05) is 33.2 Å². The highest BCUT2D eigenvalue weighted by atomic mass is 16.5. The molecule has 23 heavy (non-hydrogen) atoms. The summed E-state index contributed by atoms with van der Waals surface area (Å²) in [7, 11) is 6.36. The molecule has 0 radical (unpaired) electrons. The lowest BCUT2D eigenvalue weighted by atomic mass is 9.89. The first kappa shape index (κ1) is 16.5. The van der Waals surface area contributed by atoms with Crippen molar-refractivity contribution in [1.82, 2.24) is 0 Å². The van der Waals surface area contributed by atoms with Crippen LogP contribution in [0.5, 0.6) is 5.75 Å². The third-order valence-electron chi connectivity index (χ3n) is 3.49. The van der Waals surface area contributed by atoms with Crippen LogP contribution < -0.4 is 9.64 Å². The lowest BCUT2D eigenvalue weighted by Crippen LogP contribution is -2.21. The molecule has 1 aliphatic rings. The van der Waals surface area contributed by atoms with Crippen molar-refractivity contribution < 1.29 is 23.9 Å². The second-order valence-electron chi connectivity index (χ2n) is 5.08. The predicted octanol–water partition coefficient (Wildman–Crippen LogP) is 1.40. The Morgan fingerprint density at radius 3 is 2.26 bits per heavy atom. The molecule has 0 saturated carbocycles. The van der Waals surface area contributed by atoms with E-state index in [-0.39, 0.29) is 11.1 Å². The SMILES string of the molecule is COC(=O)C1=C(c2ccc(N(C)C)cc2OC)C(=O)C=CC1=O. The molecule has 0 atom stereocenters. The zero-order chi connectivity index (χ0) is 17.1. The fraction of sp³-hybridized carbons (Fsp3) is 0.235.